The topological polar surface area (TPSA) is 26.3 Å². The third kappa shape index (κ3) is 2.43. The number of ketones is 1. The Morgan fingerprint density at radius 3 is 2.29 bits per heavy atom. The molecule has 2 aliphatic rings. The van der Waals surface area contributed by atoms with Gasteiger partial charge in [-0.05, 0) is 50.4 Å². The first-order valence-electron chi connectivity index (χ1n) is 8.00. The maximum atomic E-state index is 12.4. The van der Waals surface area contributed by atoms with E-state index in [2.05, 4.69) is 60.7 Å². The Morgan fingerprint density at radius 1 is 1.29 bits per heavy atom. The first-order chi connectivity index (χ1) is 9.42. The van der Waals surface area contributed by atoms with Gasteiger partial charge in [0.15, 0.2) is 0 Å². The van der Waals surface area contributed by atoms with Crippen molar-refractivity contribution in [3.05, 3.63) is 23.0 Å². The standard InChI is InChI=1S/C18H30O2Si/c1-12(2)11-18-13(3)15(9-14(18)10-16(18)19)20-21(7,8)17(4,5)6/h11,14H,9-10H2,1-8H3/t14-,18-/m0/s1. The third-order valence-electron chi connectivity index (χ3n) is 5.71. The van der Waals surface area contributed by atoms with Crippen molar-refractivity contribution in [3.8, 4) is 0 Å². The number of hydrogen-bond donors (Lipinski definition) is 0. The summed E-state index contributed by atoms with van der Waals surface area (Å²) in [4.78, 5) is 12.4. The lowest BCUT2D eigenvalue weighted by atomic mass is 9.58. The number of carbonyl (C=O) groups excluding carboxylic acids is 1. The molecular formula is C18H30O2Si. The van der Waals surface area contributed by atoms with Crippen molar-refractivity contribution in [1.29, 1.82) is 0 Å². The zero-order chi connectivity index (χ0) is 16.2. The zero-order valence-electron chi connectivity index (χ0n) is 14.9. The number of allylic oxidation sites excluding steroid dienone is 4. The van der Waals surface area contributed by atoms with Crippen LogP contribution in [-0.4, -0.2) is 14.1 Å². The largest absolute Gasteiger partial charge is 0.547 e. The van der Waals surface area contributed by atoms with Crippen molar-refractivity contribution in [3.63, 3.8) is 0 Å². The molecule has 0 heterocycles. The molecule has 118 valence electrons. The van der Waals surface area contributed by atoms with Crippen molar-refractivity contribution < 1.29 is 9.22 Å². The quantitative estimate of drug-likeness (QED) is 0.527. The molecule has 0 unspecified atom stereocenters. The number of fused-ring (bicyclic) bond motifs is 1. The summed E-state index contributed by atoms with van der Waals surface area (Å²) in [5.41, 5.74) is 2.06. The van der Waals surface area contributed by atoms with Crippen LogP contribution in [0.2, 0.25) is 18.1 Å². The van der Waals surface area contributed by atoms with Gasteiger partial charge in [0, 0.05) is 12.8 Å². The molecule has 0 aromatic rings. The summed E-state index contributed by atoms with van der Waals surface area (Å²) in [6, 6.07) is 0. The molecule has 21 heavy (non-hydrogen) atoms. The molecule has 2 rings (SSSR count). The lowest BCUT2D eigenvalue weighted by Crippen LogP contribution is -2.46. The highest BCUT2D eigenvalue weighted by molar-refractivity contribution is 6.74. The van der Waals surface area contributed by atoms with Gasteiger partial charge in [-0.3, -0.25) is 4.79 Å². The molecule has 0 bridgehead atoms. The minimum atomic E-state index is -1.83. The molecule has 0 aromatic heterocycles. The average Bonchev–Trinajstić information content (AvgIpc) is 2.49. The molecule has 0 saturated heterocycles. The van der Waals surface area contributed by atoms with E-state index in [0.717, 1.165) is 12.2 Å². The maximum Gasteiger partial charge on any atom is 0.250 e. The molecule has 2 aliphatic carbocycles. The average molecular weight is 307 g/mol. The fourth-order valence-corrected chi connectivity index (χ4v) is 4.51. The van der Waals surface area contributed by atoms with Gasteiger partial charge in [-0.2, -0.15) is 0 Å². The first kappa shape index (κ1) is 16.5. The highest BCUT2D eigenvalue weighted by atomic mass is 28.4. The van der Waals surface area contributed by atoms with E-state index < -0.39 is 8.32 Å². The van der Waals surface area contributed by atoms with E-state index in [1.54, 1.807) is 0 Å². The SMILES string of the molecule is CC(C)=C[C@@]12C(=O)C[C@@H]1CC(O[Si](C)(C)C(C)(C)C)=C2C. The molecule has 2 nitrogen and oxygen atoms in total. The Morgan fingerprint density at radius 2 is 1.86 bits per heavy atom. The van der Waals surface area contributed by atoms with E-state index in [-0.39, 0.29) is 10.5 Å². The summed E-state index contributed by atoms with van der Waals surface area (Å²) in [5, 5.41) is 0.190. The Hall–Kier alpha value is -0.833. The molecule has 1 saturated carbocycles. The lowest BCUT2D eigenvalue weighted by molar-refractivity contribution is -0.136. The van der Waals surface area contributed by atoms with Crippen LogP contribution in [-0.2, 0) is 9.22 Å². The Kier molecular flexibility index (Phi) is 3.81. The fourth-order valence-electron chi connectivity index (χ4n) is 3.35. The van der Waals surface area contributed by atoms with Crippen molar-refractivity contribution in [2.75, 3.05) is 0 Å². The maximum absolute atomic E-state index is 12.4. The van der Waals surface area contributed by atoms with Crippen LogP contribution in [0.5, 0.6) is 0 Å². The van der Waals surface area contributed by atoms with Crippen molar-refractivity contribution >= 4 is 14.1 Å². The second-order valence-electron chi connectivity index (χ2n) is 8.53. The highest BCUT2D eigenvalue weighted by Crippen LogP contribution is 2.60. The van der Waals surface area contributed by atoms with Crippen LogP contribution in [0.1, 0.15) is 54.4 Å². The summed E-state index contributed by atoms with van der Waals surface area (Å²) >= 11 is 0. The minimum absolute atomic E-state index is 0.190. The van der Waals surface area contributed by atoms with Crippen LogP contribution in [0.4, 0.5) is 0 Å². The molecule has 1 fully saturated rings. The molecule has 0 N–H and O–H groups in total. The zero-order valence-corrected chi connectivity index (χ0v) is 15.9. The van der Waals surface area contributed by atoms with Crippen molar-refractivity contribution in [2.45, 2.75) is 72.5 Å². The second kappa shape index (κ2) is 4.84. The third-order valence-corrected chi connectivity index (χ3v) is 10.1. The molecule has 0 amide bonds. The van der Waals surface area contributed by atoms with Gasteiger partial charge in [0.1, 0.15) is 5.78 Å². The van der Waals surface area contributed by atoms with Crippen molar-refractivity contribution in [1.82, 2.24) is 0 Å². The van der Waals surface area contributed by atoms with Gasteiger partial charge in [-0.15, -0.1) is 0 Å². The summed E-state index contributed by atoms with van der Waals surface area (Å²) in [7, 11) is -1.83. The second-order valence-corrected chi connectivity index (χ2v) is 13.3. The summed E-state index contributed by atoms with van der Waals surface area (Å²) in [6.07, 6.45) is 3.83. The summed E-state index contributed by atoms with van der Waals surface area (Å²) < 4.78 is 6.55. The number of Topliss-reactive ketones (excluding diaryl/α,β-unsaturated/α-hetero) is 1. The van der Waals surface area contributed by atoms with Crippen LogP contribution >= 0.6 is 0 Å². The van der Waals surface area contributed by atoms with Gasteiger partial charge in [-0.1, -0.05) is 32.4 Å². The monoisotopic (exact) mass is 306 g/mol. The Balaban J connectivity index is 2.37. The van der Waals surface area contributed by atoms with E-state index in [4.69, 9.17) is 4.43 Å². The first-order valence-corrected chi connectivity index (χ1v) is 10.9. The van der Waals surface area contributed by atoms with Crippen LogP contribution < -0.4 is 0 Å². The Bertz CT molecular complexity index is 530. The highest BCUT2D eigenvalue weighted by Gasteiger charge is 2.59. The molecule has 0 aromatic carbocycles. The van der Waals surface area contributed by atoms with Gasteiger partial charge >= 0.3 is 0 Å². The molecule has 0 spiro atoms. The van der Waals surface area contributed by atoms with Gasteiger partial charge < -0.3 is 4.43 Å². The van der Waals surface area contributed by atoms with Gasteiger partial charge in [-0.25, -0.2) is 0 Å². The van der Waals surface area contributed by atoms with Crippen LogP contribution in [0, 0.1) is 11.3 Å². The summed E-state index contributed by atoms with van der Waals surface area (Å²) in [5.74, 6) is 1.91. The van der Waals surface area contributed by atoms with E-state index in [1.165, 1.54) is 11.1 Å². The van der Waals surface area contributed by atoms with E-state index in [0.29, 0.717) is 18.1 Å². The molecule has 0 radical (unpaired) electrons. The molecule has 3 heteroatoms. The normalized spacial score (nSPS) is 29.1. The predicted octanol–water partition coefficient (Wildman–Crippen LogP) is 5.23. The lowest BCUT2D eigenvalue weighted by Gasteiger charge is -2.42. The van der Waals surface area contributed by atoms with Crippen molar-refractivity contribution in [2.24, 2.45) is 11.3 Å². The van der Waals surface area contributed by atoms with Gasteiger partial charge in [0.05, 0.1) is 11.2 Å². The summed E-state index contributed by atoms with van der Waals surface area (Å²) in [6.45, 7) is 17.6. The number of carbonyl (C=O) groups is 1. The van der Waals surface area contributed by atoms with E-state index >= 15 is 0 Å². The molecule has 0 aliphatic heterocycles. The Labute approximate surface area is 130 Å². The fraction of sp³-hybridized carbons (Fsp3) is 0.722. The number of hydrogen-bond acceptors (Lipinski definition) is 2. The van der Waals surface area contributed by atoms with E-state index in [9.17, 15) is 4.79 Å². The number of rotatable bonds is 3. The van der Waals surface area contributed by atoms with Crippen LogP contribution in [0.3, 0.4) is 0 Å². The van der Waals surface area contributed by atoms with Crippen LogP contribution in [0.25, 0.3) is 0 Å². The van der Waals surface area contributed by atoms with E-state index in [1.807, 2.05) is 0 Å². The smallest absolute Gasteiger partial charge is 0.250 e. The molecule has 2 atom stereocenters. The van der Waals surface area contributed by atoms with Crippen LogP contribution in [0.15, 0.2) is 23.0 Å². The predicted molar refractivity (Wildman–Crippen MR) is 90.6 cm³/mol. The van der Waals surface area contributed by atoms with Gasteiger partial charge in [0.25, 0.3) is 0 Å². The minimum Gasteiger partial charge on any atom is -0.547 e. The molecular weight excluding hydrogens is 276 g/mol. The van der Waals surface area contributed by atoms with Gasteiger partial charge in [0.2, 0.25) is 8.32 Å².